The summed E-state index contributed by atoms with van der Waals surface area (Å²) < 4.78 is 5.30. The first-order valence-electron chi connectivity index (χ1n) is 11.7. The van der Waals surface area contributed by atoms with E-state index in [-0.39, 0.29) is 11.8 Å². The molecule has 178 valence electrons. The maximum Gasteiger partial charge on any atom is 0.274 e. The average Bonchev–Trinajstić information content (AvgIpc) is 3.30. The van der Waals surface area contributed by atoms with Crippen LogP contribution in [0.5, 0.6) is 5.75 Å². The zero-order chi connectivity index (χ0) is 24.2. The van der Waals surface area contributed by atoms with Gasteiger partial charge in [0.2, 0.25) is 5.91 Å². The maximum atomic E-state index is 13.1. The fourth-order valence-electron chi connectivity index (χ4n) is 4.58. The normalized spacial score (nSPS) is 13.7. The number of amides is 2. The number of carbonyl (C=O) groups is 2. The number of benzene rings is 2. The Morgan fingerprint density at radius 3 is 2.43 bits per heavy atom. The molecule has 0 saturated carbocycles. The van der Waals surface area contributed by atoms with E-state index in [1.807, 2.05) is 41.3 Å². The number of fused-ring (bicyclic) bond motifs is 1. The number of methoxy groups -OCH3 is 1. The van der Waals surface area contributed by atoms with Gasteiger partial charge in [-0.05, 0) is 47.9 Å². The van der Waals surface area contributed by atoms with Gasteiger partial charge in [-0.25, -0.2) is 4.98 Å². The molecule has 0 aliphatic carbocycles. The van der Waals surface area contributed by atoms with E-state index < -0.39 is 0 Å². The first-order chi connectivity index (χ1) is 17.1. The Balaban J connectivity index is 1.26. The highest BCUT2D eigenvalue weighted by Gasteiger charge is 2.26. The van der Waals surface area contributed by atoms with Crippen LogP contribution in [0.3, 0.4) is 0 Å². The number of aryl methyl sites for hydroxylation is 1. The van der Waals surface area contributed by atoms with Crippen molar-refractivity contribution in [2.24, 2.45) is 0 Å². The van der Waals surface area contributed by atoms with Crippen molar-refractivity contribution in [2.45, 2.75) is 12.8 Å². The minimum Gasteiger partial charge on any atom is -0.497 e. The van der Waals surface area contributed by atoms with Crippen molar-refractivity contribution in [3.63, 3.8) is 0 Å². The number of carbonyl (C=O) groups excluding carboxylic acids is 2. The number of hydrogen-bond donors (Lipinski definition) is 1. The second kappa shape index (κ2) is 9.97. The molecule has 1 saturated heterocycles. The molecule has 4 aromatic rings. The largest absolute Gasteiger partial charge is 0.497 e. The number of para-hydroxylation sites is 1. The Morgan fingerprint density at radius 1 is 0.971 bits per heavy atom. The summed E-state index contributed by atoms with van der Waals surface area (Å²) >= 11 is 0. The lowest BCUT2D eigenvalue weighted by molar-refractivity contribution is -0.132. The zero-order valence-corrected chi connectivity index (χ0v) is 19.6. The van der Waals surface area contributed by atoms with Crippen LogP contribution in [0.2, 0.25) is 0 Å². The van der Waals surface area contributed by atoms with Crippen LogP contribution >= 0.6 is 0 Å². The number of rotatable bonds is 6. The topological polar surface area (TPSA) is 91.4 Å². The van der Waals surface area contributed by atoms with E-state index in [4.69, 9.17) is 4.74 Å². The van der Waals surface area contributed by atoms with E-state index in [1.54, 1.807) is 18.2 Å². The second-order valence-electron chi connectivity index (χ2n) is 8.52. The van der Waals surface area contributed by atoms with Gasteiger partial charge in [0, 0.05) is 61.6 Å². The van der Waals surface area contributed by atoms with Gasteiger partial charge in [0.25, 0.3) is 5.91 Å². The first-order valence-corrected chi connectivity index (χ1v) is 11.7. The van der Waals surface area contributed by atoms with Crippen molar-refractivity contribution in [1.29, 1.82) is 0 Å². The van der Waals surface area contributed by atoms with Crippen molar-refractivity contribution < 1.29 is 14.3 Å². The number of H-pyrrole nitrogens is 1. The molecule has 5 rings (SSSR count). The van der Waals surface area contributed by atoms with Crippen LogP contribution in [0.1, 0.15) is 22.5 Å². The van der Waals surface area contributed by atoms with Gasteiger partial charge in [-0.15, -0.1) is 0 Å². The molecule has 0 radical (unpaired) electrons. The van der Waals surface area contributed by atoms with Crippen LogP contribution in [0, 0.1) is 0 Å². The number of hydrogen-bond acceptors (Lipinski definition) is 5. The predicted octanol–water partition coefficient (Wildman–Crippen LogP) is 3.55. The SMILES string of the molecule is COc1ccc(-c2[nH]c3ccccc3c2CCC(=O)N2CCN(C(=O)c3cnccn3)CC2)cc1. The Bertz CT molecular complexity index is 1330. The van der Waals surface area contributed by atoms with E-state index in [1.165, 1.54) is 12.4 Å². The Hall–Kier alpha value is -4.20. The highest BCUT2D eigenvalue weighted by atomic mass is 16.5. The minimum atomic E-state index is -0.145. The molecule has 1 aliphatic rings. The molecule has 2 amide bonds. The van der Waals surface area contributed by atoms with Crippen molar-refractivity contribution in [3.8, 4) is 17.0 Å². The number of nitrogens with one attached hydrogen (secondary N) is 1. The van der Waals surface area contributed by atoms with Gasteiger partial charge in [-0.2, -0.15) is 0 Å². The molecule has 0 bridgehead atoms. The second-order valence-corrected chi connectivity index (χ2v) is 8.52. The van der Waals surface area contributed by atoms with Crippen LogP contribution < -0.4 is 4.74 Å². The van der Waals surface area contributed by atoms with E-state index in [2.05, 4.69) is 27.1 Å². The molecular formula is C27H27N5O3. The van der Waals surface area contributed by atoms with Gasteiger partial charge in [0.05, 0.1) is 13.3 Å². The van der Waals surface area contributed by atoms with Gasteiger partial charge >= 0.3 is 0 Å². The molecule has 0 unspecified atom stereocenters. The molecule has 2 aromatic heterocycles. The third kappa shape index (κ3) is 4.73. The lowest BCUT2D eigenvalue weighted by Crippen LogP contribution is -2.50. The van der Waals surface area contributed by atoms with E-state index in [9.17, 15) is 9.59 Å². The van der Waals surface area contributed by atoms with Crippen molar-refractivity contribution >= 4 is 22.7 Å². The van der Waals surface area contributed by atoms with Gasteiger partial charge < -0.3 is 19.5 Å². The third-order valence-corrected chi connectivity index (χ3v) is 6.48. The molecule has 35 heavy (non-hydrogen) atoms. The van der Waals surface area contributed by atoms with E-state index in [0.717, 1.165) is 33.5 Å². The number of nitrogens with zero attached hydrogens (tertiary/aromatic N) is 4. The zero-order valence-electron chi connectivity index (χ0n) is 19.6. The third-order valence-electron chi connectivity index (χ3n) is 6.48. The lowest BCUT2D eigenvalue weighted by Gasteiger charge is -2.34. The van der Waals surface area contributed by atoms with Crippen molar-refractivity contribution in [2.75, 3.05) is 33.3 Å². The van der Waals surface area contributed by atoms with Crippen LogP contribution in [-0.4, -0.2) is 69.9 Å². The molecule has 0 atom stereocenters. The molecule has 8 heteroatoms. The molecule has 1 N–H and O–H groups in total. The Labute approximate surface area is 203 Å². The van der Waals surface area contributed by atoms with Crippen molar-refractivity contribution in [3.05, 3.63) is 78.4 Å². The van der Waals surface area contributed by atoms with Gasteiger partial charge in [0.1, 0.15) is 11.4 Å². The highest BCUT2D eigenvalue weighted by Crippen LogP contribution is 2.32. The molecule has 1 fully saturated rings. The summed E-state index contributed by atoms with van der Waals surface area (Å²) in [7, 11) is 1.65. The van der Waals surface area contributed by atoms with Gasteiger partial charge in [-0.3, -0.25) is 14.6 Å². The summed E-state index contributed by atoms with van der Waals surface area (Å²) in [4.78, 5) is 40.9. The number of ether oxygens (including phenoxy) is 1. The van der Waals surface area contributed by atoms with Crippen LogP contribution in [0.15, 0.2) is 67.1 Å². The molecule has 8 nitrogen and oxygen atoms in total. The summed E-state index contributed by atoms with van der Waals surface area (Å²) in [6, 6.07) is 16.1. The molecule has 1 aliphatic heterocycles. The lowest BCUT2D eigenvalue weighted by atomic mass is 10.0. The summed E-state index contributed by atoms with van der Waals surface area (Å²) in [6.07, 6.45) is 5.56. The number of piperazine rings is 1. The van der Waals surface area contributed by atoms with Crippen LogP contribution in [0.4, 0.5) is 0 Å². The van der Waals surface area contributed by atoms with Gasteiger partial charge in [0.15, 0.2) is 0 Å². The quantitative estimate of drug-likeness (QED) is 0.466. The summed E-state index contributed by atoms with van der Waals surface area (Å²) in [5, 5.41) is 1.13. The monoisotopic (exact) mass is 469 g/mol. The maximum absolute atomic E-state index is 13.1. The fourth-order valence-corrected chi connectivity index (χ4v) is 4.58. The number of aromatic amines is 1. The molecule has 2 aromatic carbocycles. The van der Waals surface area contributed by atoms with E-state index in [0.29, 0.717) is 44.7 Å². The van der Waals surface area contributed by atoms with Crippen LogP contribution in [0.25, 0.3) is 22.2 Å². The Morgan fingerprint density at radius 2 is 1.71 bits per heavy atom. The first kappa shape index (κ1) is 22.6. The standard InChI is InChI=1S/C27H27N5O3/c1-35-20-8-6-19(7-9-20)26-22(21-4-2-3-5-23(21)30-26)10-11-25(33)31-14-16-32(17-15-31)27(34)24-18-28-12-13-29-24/h2-9,12-13,18,30H,10-11,14-17H2,1H3. The molecule has 3 heterocycles. The molecule has 0 spiro atoms. The van der Waals surface area contributed by atoms with Gasteiger partial charge in [-0.1, -0.05) is 18.2 Å². The van der Waals surface area contributed by atoms with Crippen LogP contribution in [-0.2, 0) is 11.2 Å². The fraction of sp³-hybridized carbons (Fsp3) is 0.259. The van der Waals surface area contributed by atoms with Crippen molar-refractivity contribution in [1.82, 2.24) is 24.8 Å². The Kier molecular flexibility index (Phi) is 6.43. The molecular weight excluding hydrogens is 442 g/mol. The smallest absolute Gasteiger partial charge is 0.274 e. The number of aromatic nitrogens is 3. The summed E-state index contributed by atoms with van der Waals surface area (Å²) in [5.41, 5.74) is 4.60. The average molecular weight is 470 g/mol. The summed E-state index contributed by atoms with van der Waals surface area (Å²) in [5.74, 6) is 0.759. The predicted molar refractivity (Wildman–Crippen MR) is 133 cm³/mol. The minimum absolute atomic E-state index is 0.0996. The summed E-state index contributed by atoms with van der Waals surface area (Å²) in [6.45, 7) is 2.02. The van der Waals surface area contributed by atoms with E-state index >= 15 is 0 Å². The highest BCUT2D eigenvalue weighted by molar-refractivity contribution is 5.93.